The summed E-state index contributed by atoms with van der Waals surface area (Å²) in [6.45, 7) is 3.91. The van der Waals surface area contributed by atoms with Gasteiger partial charge in [0.05, 0.1) is 9.04 Å². The summed E-state index contributed by atoms with van der Waals surface area (Å²) in [6.07, 6.45) is 0. The summed E-state index contributed by atoms with van der Waals surface area (Å²) in [5.74, 6) is 0. The van der Waals surface area contributed by atoms with Crippen LogP contribution < -0.4 is 0 Å². The minimum Gasteiger partial charge on any atom is -0.100 e. The molecule has 0 saturated carbocycles. The predicted molar refractivity (Wildman–Crippen MR) is 47.0 cm³/mol. The van der Waals surface area contributed by atoms with Crippen LogP contribution in [0.3, 0.4) is 0 Å². The minimum absolute atomic E-state index is 0.620. The molecule has 0 saturated heterocycles. The van der Waals surface area contributed by atoms with Crippen molar-refractivity contribution < 1.29 is 0 Å². The van der Waals surface area contributed by atoms with E-state index in [1.54, 1.807) is 0 Å². The molecule has 0 N–H and O–H groups in total. The number of benzene rings is 1. The Balaban J connectivity index is 2.85. The van der Waals surface area contributed by atoms with Gasteiger partial charge in [0, 0.05) is 9.76 Å². The van der Waals surface area contributed by atoms with Crippen molar-refractivity contribution in [1.29, 1.82) is 0 Å². The van der Waals surface area contributed by atoms with E-state index in [0.717, 1.165) is 5.20 Å². The molecule has 47 valence electrons. The van der Waals surface area contributed by atoms with Gasteiger partial charge in [0.2, 0.25) is 0 Å². The summed E-state index contributed by atoms with van der Waals surface area (Å²) in [5, 5.41) is 1.15. The van der Waals surface area contributed by atoms with Crippen LogP contribution in [0.4, 0.5) is 0 Å². The van der Waals surface area contributed by atoms with Gasteiger partial charge in [-0.1, -0.05) is 35.5 Å². The molecule has 0 aliphatic heterocycles. The lowest BCUT2D eigenvalue weighted by Gasteiger charge is -1.98. The standard InChI is InChI=1S/C8H7Si2/c1-7(10-9)8-5-3-2-4-6-8/h2-6H,1H2. The van der Waals surface area contributed by atoms with Crippen molar-refractivity contribution in [3.8, 4) is 0 Å². The fourth-order valence-electron chi connectivity index (χ4n) is 0.712. The molecule has 1 aromatic carbocycles. The van der Waals surface area contributed by atoms with Crippen LogP contribution in [-0.2, 0) is 0 Å². The van der Waals surface area contributed by atoms with Crippen LogP contribution in [0.15, 0.2) is 36.9 Å². The quantitative estimate of drug-likeness (QED) is 0.573. The molecule has 1 rings (SSSR count). The lowest BCUT2D eigenvalue weighted by Crippen LogP contribution is -1.92. The number of hydrogen-bond acceptors (Lipinski definition) is 0. The Morgan fingerprint density at radius 2 is 1.90 bits per heavy atom. The van der Waals surface area contributed by atoms with Gasteiger partial charge < -0.3 is 0 Å². The second kappa shape index (κ2) is 3.53. The van der Waals surface area contributed by atoms with E-state index >= 15 is 0 Å². The molecule has 0 heterocycles. The highest BCUT2D eigenvalue weighted by Crippen LogP contribution is 2.07. The van der Waals surface area contributed by atoms with Crippen molar-refractivity contribution in [2.45, 2.75) is 0 Å². The maximum atomic E-state index is 3.91. The summed E-state index contributed by atoms with van der Waals surface area (Å²) >= 11 is 0. The van der Waals surface area contributed by atoms with Crippen molar-refractivity contribution in [2.24, 2.45) is 0 Å². The zero-order valence-electron chi connectivity index (χ0n) is 5.59. The first-order valence-electron chi connectivity index (χ1n) is 3.01. The van der Waals surface area contributed by atoms with E-state index in [-0.39, 0.29) is 0 Å². The Morgan fingerprint density at radius 3 is 2.40 bits per heavy atom. The third kappa shape index (κ3) is 1.68. The second-order valence-electron chi connectivity index (χ2n) is 1.97. The predicted octanol–water partition coefficient (Wildman–Crippen LogP) is 1.45. The van der Waals surface area contributed by atoms with Crippen LogP contribution in [-0.4, -0.2) is 18.8 Å². The Bertz CT molecular complexity index is 216. The van der Waals surface area contributed by atoms with Gasteiger partial charge in [-0.25, -0.2) is 0 Å². The second-order valence-corrected chi connectivity index (χ2v) is 3.57. The van der Waals surface area contributed by atoms with Crippen molar-refractivity contribution >= 4 is 24.0 Å². The van der Waals surface area contributed by atoms with Crippen molar-refractivity contribution in [1.82, 2.24) is 0 Å². The van der Waals surface area contributed by atoms with E-state index in [9.17, 15) is 0 Å². The summed E-state index contributed by atoms with van der Waals surface area (Å²) < 4.78 is 0. The maximum absolute atomic E-state index is 3.91. The van der Waals surface area contributed by atoms with Crippen LogP contribution in [0.2, 0.25) is 0 Å². The van der Waals surface area contributed by atoms with Gasteiger partial charge >= 0.3 is 0 Å². The molecular formula is C8H7Si2. The molecule has 1 aromatic rings. The van der Waals surface area contributed by atoms with E-state index in [1.165, 1.54) is 5.56 Å². The summed E-state index contributed by atoms with van der Waals surface area (Å²) in [5.41, 5.74) is 1.22. The molecule has 2 heteroatoms. The van der Waals surface area contributed by atoms with Crippen LogP contribution in [0.5, 0.6) is 0 Å². The molecular weight excluding hydrogens is 152 g/mol. The molecule has 10 heavy (non-hydrogen) atoms. The Kier molecular flexibility index (Phi) is 2.65. The van der Waals surface area contributed by atoms with Gasteiger partial charge in [0.25, 0.3) is 0 Å². The van der Waals surface area contributed by atoms with Crippen LogP contribution >= 0.6 is 0 Å². The minimum atomic E-state index is 0.620. The van der Waals surface area contributed by atoms with Gasteiger partial charge in [-0.15, -0.1) is 6.58 Å². The van der Waals surface area contributed by atoms with Crippen LogP contribution in [0.25, 0.3) is 5.20 Å². The molecule has 0 atom stereocenters. The largest absolute Gasteiger partial charge is 0.100 e. The molecule has 0 amide bonds. The molecule has 0 aliphatic carbocycles. The molecule has 5 radical (unpaired) electrons. The van der Waals surface area contributed by atoms with Crippen molar-refractivity contribution in [3.05, 3.63) is 42.5 Å². The maximum Gasteiger partial charge on any atom is 0.0604 e. The van der Waals surface area contributed by atoms with E-state index in [1.807, 2.05) is 18.2 Å². The first-order valence-corrected chi connectivity index (χ1v) is 5.51. The molecule has 0 fully saturated rings. The highest BCUT2D eigenvalue weighted by molar-refractivity contribution is 7.00. The zero-order valence-corrected chi connectivity index (χ0v) is 7.59. The fraction of sp³-hybridized carbons (Fsp3) is 0. The van der Waals surface area contributed by atoms with Crippen LogP contribution in [0, 0.1) is 0 Å². The molecule has 0 bridgehead atoms. The normalized spacial score (nSPS) is 9.30. The Morgan fingerprint density at radius 1 is 1.30 bits per heavy atom. The van der Waals surface area contributed by atoms with E-state index in [2.05, 4.69) is 28.5 Å². The van der Waals surface area contributed by atoms with Gasteiger partial charge in [-0.2, -0.15) is 0 Å². The molecule has 0 unspecified atom stereocenters. The molecule has 0 aliphatic rings. The van der Waals surface area contributed by atoms with Crippen LogP contribution in [0.1, 0.15) is 5.56 Å². The zero-order chi connectivity index (χ0) is 7.40. The van der Waals surface area contributed by atoms with E-state index in [0.29, 0.717) is 9.04 Å². The van der Waals surface area contributed by atoms with Gasteiger partial charge in [-0.05, 0) is 5.56 Å². The molecule has 0 nitrogen and oxygen atoms in total. The van der Waals surface area contributed by atoms with E-state index < -0.39 is 0 Å². The average molecular weight is 159 g/mol. The topological polar surface area (TPSA) is 0 Å². The Labute approximate surface area is 67.0 Å². The van der Waals surface area contributed by atoms with Crippen molar-refractivity contribution in [2.75, 3.05) is 0 Å². The lowest BCUT2D eigenvalue weighted by atomic mass is 10.2. The lowest BCUT2D eigenvalue weighted by molar-refractivity contribution is 1.66. The number of rotatable bonds is 2. The third-order valence-corrected chi connectivity index (χ3v) is 2.77. The first kappa shape index (κ1) is 7.50. The molecule has 0 spiro atoms. The molecule has 0 aromatic heterocycles. The smallest absolute Gasteiger partial charge is 0.0604 e. The SMILES string of the molecule is C=C([Si][Si])c1ccccc1. The Hall–Kier alpha value is -0.606. The monoisotopic (exact) mass is 159 g/mol. The van der Waals surface area contributed by atoms with Gasteiger partial charge in [0.15, 0.2) is 0 Å². The highest BCUT2D eigenvalue weighted by atomic mass is 29.1. The van der Waals surface area contributed by atoms with E-state index in [4.69, 9.17) is 0 Å². The third-order valence-electron chi connectivity index (χ3n) is 1.27. The van der Waals surface area contributed by atoms with Crippen molar-refractivity contribution in [3.63, 3.8) is 0 Å². The fourth-order valence-corrected chi connectivity index (χ4v) is 1.46. The number of hydrogen-bond donors (Lipinski definition) is 0. The van der Waals surface area contributed by atoms with Gasteiger partial charge in [-0.3, -0.25) is 0 Å². The highest BCUT2D eigenvalue weighted by Gasteiger charge is 1.92. The van der Waals surface area contributed by atoms with Gasteiger partial charge in [0.1, 0.15) is 0 Å². The summed E-state index contributed by atoms with van der Waals surface area (Å²) in [7, 11) is 4.05. The first-order chi connectivity index (χ1) is 4.84. The summed E-state index contributed by atoms with van der Waals surface area (Å²) in [4.78, 5) is 0. The summed E-state index contributed by atoms with van der Waals surface area (Å²) in [6, 6.07) is 10.2. The average Bonchev–Trinajstić information content (AvgIpc) is 2.05.